The molecule has 1 amide bonds. The number of sulfone groups is 1. The second-order valence-corrected chi connectivity index (χ2v) is 8.78. The van der Waals surface area contributed by atoms with Crippen molar-refractivity contribution in [1.82, 2.24) is 4.90 Å². The number of nitrogens with zero attached hydrogens (tertiary/aromatic N) is 1. The van der Waals surface area contributed by atoms with E-state index in [1.54, 1.807) is 24.0 Å². The highest BCUT2D eigenvalue weighted by Gasteiger charge is 2.27. The highest BCUT2D eigenvalue weighted by molar-refractivity contribution is 7.90. The first-order valence-electron chi connectivity index (χ1n) is 7.95. The number of hydrogen-bond donors (Lipinski definition) is 0. The predicted octanol–water partition coefficient (Wildman–Crippen LogP) is 2.29. The molecule has 4 nitrogen and oxygen atoms in total. The average Bonchev–Trinajstić information content (AvgIpc) is 2.48. The number of carbonyl (C=O) groups excluding carboxylic acids is 1. The smallest absolute Gasteiger partial charge is 0.226 e. The van der Waals surface area contributed by atoms with Crippen LogP contribution in [0.25, 0.3) is 0 Å². The molecule has 6 heteroatoms. The number of piperidine rings is 1. The maximum atomic E-state index is 12.9. The fraction of sp³-hybridized carbons (Fsp3) is 0.588. The lowest BCUT2D eigenvalue weighted by Gasteiger charge is -2.33. The van der Waals surface area contributed by atoms with Crippen molar-refractivity contribution in [2.75, 3.05) is 25.1 Å². The predicted molar refractivity (Wildman–Crippen MR) is 88.3 cm³/mol. The van der Waals surface area contributed by atoms with Gasteiger partial charge in [-0.05, 0) is 42.9 Å². The van der Waals surface area contributed by atoms with Gasteiger partial charge in [-0.1, -0.05) is 19.1 Å². The van der Waals surface area contributed by atoms with Gasteiger partial charge in [-0.2, -0.15) is 0 Å². The number of hydrogen-bond acceptors (Lipinski definition) is 3. The van der Waals surface area contributed by atoms with Crippen LogP contribution in [0.5, 0.6) is 0 Å². The van der Waals surface area contributed by atoms with E-state index in [-0.39, 0.29) is 17.5 Å². The molecule has 0 bridgehead atoms. The lowest BCUT2D eigenvalue weighted by Crippen LogP contribution is -2.42. The summed E-state index contributed by atoms with van der Waals surface area (Å²) in [5.74, 6) is -0.403. The summed E-state index contributed by atoms with van der Waals surface area (Å²) in [6.45, 7) is 3.01. The quantitative estimate of drug-likeness (QED) is 0.826. The molecular formula is C17H24FNO3S. The van der Waals surface area contributed by atoms with Crippen molar-refractivity contribution in [2.24, 2.45) is 11.8 Å². The van der Waals surface area contributed by atoms with Gasteiger partial charge < -0.3 is 4.90 Å². The summed E-state index contributed by atoms with van der Waals surface area (Å²) >= 11 is 0. The zero-order chi connectivity index (χ0) is 17.0. The third-order valence-corrected chi connectivity index (χ3v) is 5.44. The van der Waals surface area contributed by atoms with Crippen molar-refractivity contribution in [3.63, 3.8) is 0 Å². The highest BCUT2D eigenvalue weighted by Crippen LogP contribution is 2.23. The summed E-state index contributed by atoms with van der Waals surface area (Å²) in [7, 11) is -3.14. The lowest BCUT2D eigenvalue weighted by atomic mass is 9.90. The number of benzene rings is 1. The number of amides is 1. The van der Waals surface area contributed by atoms with Crippen LogP contribution >= 0.6 is 0 Å². The van der Waals surface area contributed by atoms with Gasteiger partial charge in [0.05, 0.1) is 5.75 Å². The van der Waals surface area contributed by atoms with Gasteiger partial charge in [0.2, 0.25) is 5.91 Å². The van der Waals surface area contributed by atoms with E-state index < -0.39 is 15.8 Å². The zero-order valence-electron chi connectivity index (χ0n) is 13.7. The van der Waals surface area contributed by atoms with Crippen molar-refractivity contribution in [1.29, 1.82) is 0 Å². The number of likely N-dealkylation sites (tertiary alicyclic amines) is 1. The molecule has 0 radical (unpaired) electrons. The molecule has 128 valence electrons. The minimum Gasteiger partial charge on any atom is -0.342 e. The summed E-state index contributed by atoms with van der Waals surface area (Å²) in [6, 6.07) is 6.56. The Hall–Kier alpha value is -1.43. The molecule has 1 aromatic rings. The van der Waals surface area contributed by atoms with Crippen molar-refractivity contribution in [3.05, 3.63) is 35.6 Å². The van der Waals surface area contributed by atoms with Crippen molar-refractivity contribution in [3.8, 4) is 0 Å². The molecule has 1 heterocycles. The summed E-state index contributed by atoms with van der Waals surface area (Å²) in [4.78, 5) is 14.1. The lowest BCUT2D eigenvalue weighted by molar-refractivity contribution is -0.135. The van der Waals surface area contributed by atoms with Gasteiger partial charge in [0.1, 0.15) is 15.7 Å². The van der Waals surface area contributed by atoms with Crippen LogP contribution in [0.1, 0.15) is 25.3 Å². The maximum absolute atomic E-state index is 12.9. The van der Waals surface area contributed by atoms with Crippen LogP contribution in [0.15, 0.2) is 24.3 Å². The third kappa shape index (κ3) is 5.61. The fourth-order valence-electron chi connectivity index (χ4n) is 3.15. The van der Waals surface area contributed by atoms with E-state index in [1.165, 1.54) is 12.1 Å². The van der Waals surface area contributed by atoms with Gasteiger partial charge in [-0.25, -0.2) is 12.8 Å². The molecule has 0 aliphatic carbocycles. The molecule has 1 saturated heterocycles. The fourth-order valence-corrected chi connectivity index (χ4v) is 4.20. The van der Waals surface area contributed by atoms with Gasteiger partial charge in [0.15, 0.2) is 0 Å². The maximum Gasteiger partial charge on any atom is 0.226 e. The van der Waals surface area contributed by atoms with Gasteiger partial charge in [-0.3, -0.25) is 4.79 Å². The Morgan fingerprint density at radius 3 is 2.35 bits per heavy atom. The summed E-state index contributed by atoms with van der Waals surface area (Å²) in [5, 5.41) is 0. The average molecular weight is 341 g/mol. The molecule has 1 atom stereocenters. The van der Waals surface area contributed by atoms with E-state index in [0.29, 0.717) is 19.0 Å². The van der Waals surface area contributed by atoms with Crippen LogP contribution in [0, 0.1) is 17.7 Å². The minimum absolute atomic E-state index is 0.0735. The monoisotopic (exact) mass is 341 g/mol. The topological polar surface area (TPSA) is 54.5 Å². The molecule has 2 rings (SSSR count). The van der Waals surface area contributed by atoms with Gasteiger partial charge in [-0.15, -0.1) is 0 Å². The molecule has 1 aromatic carbocycles. The highest BCUT2D eigenvalue weighted by atomic mass is 32.2. The zero-order valence-corrected chi connectivity index (χ0v) is 14.5. The number of halogens is 1. The van der Waals surface area contributed by atoms with Crippen LogP contribution in [0.3, 0.4) is 0 Å². The molecule has 1 unspecified atom stereocenters. The number of rotatable bonds is 5. The van der Waals surface area contributed by atoms with Crippen molar-refractivity contribution >= 4 is 15.7 Å². The standard InChI is InChI=1S/C17H24FNO3S/c1-13(12-23(2,21)22)17(20)19-9-7-15(8-10-19)11-14-3-5-16(18)6-4-14/h3-6,13,15H,7-12H2,1-2H3. The molecule has 1 aliphatic rings. The molecule has 0 N–H and O–H groups in total. The largest absolute Gasteiger partial charge is 0.342 e. The second kappa shape index (κ2) is 7.43. The normalized spacial score (nSPS) is 18.0. The SMILES string of the molecule is CC(CS(C)(=O)=O)C(=O)N1CCC(Cc2ccc(F)cc2)CC1. The van der Waals surface area contributed by atoms with Crippen LogP contribution in [-0.2, 0) is 21.1 Å². The van der Waals surface area contributed by atoms with Gasteiger partial charge >= 0.3 is 0 Å². The summed E-state index contributed by atoms with van der Waals surface area (Å²) in [6.07, 6.45) is 3.84. The molecule has 0 spiro atoms. The molecule has 1 fully saturated rings. The minimum atomic E-state index is -3.14. The van der Waals surface area contributed by atoms with E-state index in [0.717, 1.165) is 31.1 Å². The molecule has 0 aromatic heterocycles. The van der Waals surface area contributed by atoms with Crippen LogP contribution < -0.4 is 0 Å². The van der Waals surface area contributed by atoms with Crippen LogP contribution in [0.2, 0.25) is 0 Å². The van der Waals surface area contributed by atoms with Crippen LogP contribution in [-0.4, -0.2) is 44.3 Å². The van der Waals surface area contributed by atoms with E-state index in [2.05, 4.69) is 0 Å². The van der Waals surface area contributed by atoms with Gasteiger partial charge in [0.25, 0.3) is 0 Å². The van der Waals surface area contributed by atoms with Crippen LogP contribution in [0.4, 0.5) is 4.39 Å². The van der Waals surface area contributed by atoms with Crippen molar-refractivity contribution in [2.45, 2.75) is 26.2 Å². The summed E-state index contributed by atoms with van der Waals surface area (Å²) in [5.41, 5.74) is 1.11. The Labute approximate surface area is 137 Å². The Morgan fingerprint density at radius 2 is 1.83 bits per heavy atom. The Bertz CT molecular complexity index is 634. The Kier molecular flexibility index (Phi) is 5.79. The second-order valence-electron chi connectivity index (χ2n) is 6.59. The Balaban J connectivity index is 1.83. The first-order valence-corrected chi connectivity index (χ1v) is 10.0. The van der Waals surface area contributed by atoms with E-state index >= 15 is 0 Å². The first kappa shape index (κ1) is 17.9. The molecule has 1 aliphatic heterocycles. The molecule has 23 heavy (non-hydrogen) atoms. The van der Waals surface area contributed by atoms with Crippen molar-refractivity contribution < 1.29 is 17.6 Å². The third-order valence-electron chi connectivity index (χ3n) is 4.34. The first-order chi connectivity index (χ1) is 10.7. The molecular weight excluding hydrogens is 317 g/mol. The Morgan fingerprint density at radius 1 is 1.26 bits per heavy atom. The van der Waals surface area contributed by atoms with E-state index in [1.807, 2.05) is 0 Å². The van der Waals surface area contributed by atoms with Gasteiger partial charge in [0, 0.05) is 25.3 Å². The van der Waals surface area contributed by atoms with E-state index in [9.17, 15) is 17.6 Å². The van der Waals surface area contributed by atoms with E-state index in [4.69, 9.17) is 0 Å². The number of carbonyl (C=O) groups is 1. The molecule has 0 saturated carbocycles. The summed E-state index contributed by atoms with van der Waals surface area (Å²) < 4.78 is 35.5.